The molecule has 0 radical (unpaired) electrons. The number of hydrogen-bond donors (Lipinski definition) is 0. The van der Waals surface area contributed by atoms with Gasteiger partial charge in [0.2, 0.25) is 0 Å². The largest absolute Gasteiger partial charge is 0.481 e. The number of amides is 1. The van der Waals surface area contributed by atoms with E-state index in [1.807, 2.05) is 66.7 Å². The Bertz CT molecular complexity index is 958. The normalized spacial score (nSPS) is 11.3. The monoisotopic (exact) mass is 370 g/mol. The number of likely N-dealkylation sites (N-methyl/N-ethyl adjacent to an activating group) is 1. The van der Waals surface area contributed by atoms with E-state index in [4.69, 9.17) is 10.00 Å². The lowest BCUT2D eigenvalue weighted by molar-refractivity contribution is -0.137. The predicted molar refractivity (Wildman–Crippen MR) is 110 cm³/mol. The van der Waals surface area contributed by atoms with E-state index < -0.39 is 6.10 Å². The fourth-order valence-corrected chi connectivity index (χ4v) is 2.96. The Labute approximate surface area is 165 Å². The second kappa shape index (κ2) is 8.88. The number of hydrogen-bond acceptors (Lipinski definition) is 3. The molecule has 140 valence electrons. The second-order valence-electron chi connectivity index (χ2n) is 6.65. The molecule has 28 heavy (non-hydrogen) atoms. The van der Waals surface area contributed by atoms with Crippen molar-refractivity contribution in [2.45, 2.75) is 19.6 Å². The van der Waals surface area contributed by atoms with Crippen LogP contribution in [0.25, 0.3) is 11.1 Å². The second-order valence-corrected chi connectivity index (χ2v) is 6.65. The summed E-state index contributed by atoms with van der Waals surface area (Å²) in [6.07, 6.45) is -0.575. The number of rotatable bonds is 6. The van der Waals surface area contributed by atoms with Crippen molar-refractivity contribution in [3.05, 3.63) is 90.0 Å². The number of carbonyl (C=O) groups excluding carboxylic acids is 1. The van der Waals surface area contributed by atoms with Gasteiger partial charge in [0.15, 0.2) is 6.10 Å². The molecule has 0 spiro atoms. The molecule has 0 aliphatic heterocycles. The van der Waals surface area contributed by atoms with Gasteiger partial charge >= 0.3 is 0 Å². The lowest BCUT2D eigenvalue weighted by atomic mass is 10.0. The van der Waals surface area contributed by atoms with Crippen LogP contribution in [0, 0.1) is 11.3 Å². The molecule has 3 rings (SSSR count). The Morgan fingerprint density at radius 3 is 2.11 bits per heavy atom. The lowest BCUT2D eigenvalue weighted by Crippen LogP contribution is -2.37. The molecule has 0 fully saturated rings. The summed E-state index contributed by atoms with van der Waals surface area (Å²) < 4.78 is 5.83. The van der Waals surface area contributed by atoms with Crippen LogP contribution in [-0.2, 0) is 11.3 Å². The fourth-order valence-electron chi connectivity index (χ4n) is 2.96. The molecule has 4 heteroatoms. The van der Waals surface area contributed by atoms with E-state index in [9.17, 15) is 4.79 Å². The summed E-state index contributed by atoms with van der Waals surface area (Å²) in [6, 6.07) is 27.0. The first kappa shape index (κ1) is 19.2. The van der Waals surface area contributed by atoms with Gasteiger partial charge < -0.3 is 9.64 Å². The number of nitrogens with zero attached hydrogens (tertiary/aromatic N) is 2. The minimum absolute atomic E-state index is 0.0694. The van der Waals surface area contributed by atoms with Gasteiger partial charge in [-0.25, -0.2) is 0 Å². The Balaban J connectivity index is 1.61. The fraction of sp³-hybridized carbons (Fsp3) is 0.167. The quantitative estimate of drug-likeness (QED) is 0.634. The van der Waals surface area contributed by atoms with Crippen molar-refractivity contribution in [1.29, 1.82) is 5.26 Å². The summed E-state index contributed by atoms with van der Waals surface area (Å²) in [5.74, 6) is 0.575. The number of carbonyl (C=O) groups is 1. The first-order valence-corrected chi connectivity index (χ1v) is 9.13. The zero-order valence-electron chi connectivity index (χ0n) is 16.0. The molecule has 3 aromatic carbocycles. The summed E-state index contributed by atoms with van der Waals surface area (Å²) >= 11 is 0. The first-order valence-electron chi connectivity index (χ1n) is 9.13. The number of ether oxygens (including phenoxy) is 1. The molecular weight excluding hydrogens is 348 g/mol. The Hall–Kier alpha value is -3.58. The summed E-state index contributed by atoms with van der Waals surface area (Å²) in [6.45, 7) is 2.31. The van der Waals surface area contributed by atoms with E-state index in [2.05, 4.69) is 6.07 Å². The molecular formula is C24H22N2O2. The third kappa shape index (κ3) is 4.77. The van der Waals surface area contributed by atoms with Crippen LogP contribution >= 0.6 is 0 Å². The van der Waals surface area contributed by atoms with Gasteiger partial charge in [0.25, 0.3) is 5.91 Å². The van der Waals surface area contributed by atoms with Crippen LogP contribution in [0.2, 0.25) is 0 Å². The Kier molecular flexibility index (Phi) is 6.08. The van der Waals surface area contributed by atoms with Crippen LogP contribution in [0.1, 0.15) is 18.1 Å². The number of benzene rings is 3. The SMILES string of the molecule is C[C@H](Oc1ccc(-c2ccc(C#N)cc2)cc1)C(=O)N(C)Cc1ccccc1. The summed E-state index contributed by atoms with van der Waals surface area (Å²) in [4.78, 5) is 14.2. The molecule has 0 unspecified atom stereocenters. The van der Waals surface area contributed by atoms with E-state index >= 15 is 0 Å². The van der Waals surface area contributed by atoms with E-state index in [-0.39, 0.29) is 5.91 Å². The average molecular weight is 370 g/mol. The van der Waals surface area contributed by atoms with Gasteiger partial charge in [-0.05, 0) is 47.9 Å². The molecule has 0 N–H and O–H groups in total. The average Bonchev–Trinajstić information content (AvgIpc) is 2.74. The minimum Gasteiger partial charge on any atom is -0.481 e. The van der Waals surface area contributed by atoms with Crippen LogP contribution in [-0.4, -0.2) is 24.0 Å². The predicted octanol–water partition coefficient (Wildman–Crippen LogP) is 4.65. The third-order valence-electron chi connectivity index (χ3n) is 4.50. The Morgan fingerprint density at radius 2 is 1.54 bits per heavy atom. The molecule has 0 aliphatic carbocycles. The molecule has 0 saturated heterocycles. The topological polar surface area (TPSA) is 53.3 Å². The maximum absolute atomic E-state index is 12.6. The maximum atomic E-state index is 12.6. The first-order chi connectivity index (χ1) is 13.6. The highest BCUT2D eigenvalue weighted by Gasteiger charge is 2.19. The highest BCUT2D eigenvalue weighted by atomic mass is 16.5. The van der Waals surface area contributed by atoms with Gasteiger partial charge in [-0.3, -0.25) is 4.79 Å². The van der Waals surface area contributed by atoms with Gasteiger partial charge in [-0.1, -0.05) is 54.6 Å². The smallest absolute Gasteiger partial charge is 0.263 e. The van der Waals surface area contributed by atoms with Crippen LogP contribution < -0.4 is 4.74 Å². The molecule has 0 saturated carbocycles. The van der Waals surface area contributed by atoms with E-state index in [1.54, 1.807) is 31.0 Å². The maximum Gasteiger partial charge on any atom is 0.263 e. The van der Waals surface area contributed by atoms with E-state index in [0.717, 1.165) is 16.7 Å². The standard InChI is InChI=1S/C24H22N2O2/c1-18(24(27)26(2)17-20-6-4-3-5-7-20)28-23-14-12-22(13-15-23)21-10-8-19(16-25)9-11-21/h3-15,18H,17H2,1-2H3/t18-/m0/s1. The van der Waals surface area contributed by atoms with Crippen molar-refractivity contribution in [2.75, 3.05) is 7.05 Å². The summed E-state index contributed by atoms with van der Waals surface area (Å²) in [5.41, 5.74) is 3.77. The zero-order valence-corrected chi connectivity index (χ0v) is 16.0. The molecule has 0 aliphatic rings. The highest BCUT2D eigenvalue weighted by molar-refractivity contribution is 5.80. The van der Waals surface area contributed by atoms with Crippen LogP contribution in [0.3, 0.4) is 0 Å². The van der Waals surface area contributed by atoms with Crippen molar-refractivity contribution in [1.82, 2.24) is 4.90 Å². The van der Waals surface area contributed by atoms with Crippen molar-refractivity contribution >= 4 is 5.91 Å². The van der Waals surface area contributed by atoms with Crippen molar-refractivity contribution in [3.63, 3.8) is 0 Å². The van der Waals surface area contributed by atoms with E-state index in [0.29, 0.717) is 17.9 Å². The summed E-state index contributed by atoms with van der Waals surface area (Å²) in [7, 11) is 1.78. The zero-order chi connectivity index (χ0) is 19.9. The van der Waals surface area contributed by atoms with Gasteiger partial charge in [0.05, 0.1) is 11.6 Å². The van der Waals surface area contributed by atoms with Crippen molar-refractivity contribution < 1.29 is 9.53 Å². The highest BCUT2D eigenvalue weighted by Crippen LogP contribution is 2.23. The van der Waals surface area contributed by atoms with Crippen LogP contribution in [0.5, 0.6) is 5.75 Å². The van der Waals surface area contributed by atoms with E-state index in [1.165, 1.54) is 0 Å². The lowest BCUT2D eigenvalue weighted by Gasteiger charge is -2.22. The molecule has 1 atom stereocenters. The van der Waals surface area contributed by atoms with Gasteiger partial charge in [0.1, 0.15) is 5.75 Å². The van der Waals surface area contributed by atoms with Crippen LogP contribution in [0.4, 0.5) is 0 Å². The summed E-state index contributed by atoms with van der Waals surface area (Å²) in [5, 5.41) is 8.89. The molecule has 4 nitrogen and oxygen atoms in total. The van der Waals surface area contributed by atoms with Gasteiger partial charge in [0, 0.05) is 13.6 Å². The molecule has 1 amide bonds. The minimum atomic E-state index is -0.575. The van der Waals surface area contributed by atoms with Gasteiger partial charge in [-0.15, -0.1) is 0 Å². The van der Waals surface area contributed by atoms with Gasteiger partial charge in [-0.2, -0.15) is 5.26 Å². The Morgan fingerprint density at radius 1 is 0.964 bits per heavy atom. The third-order valence-corrected chi connectivity index (χ3v) is 4.50. The number of nitriles is 1. The van der Waals surface area contributed by atoms with Crippen molar-refractivity contribution in [3.8, 4) is 22.9 Å². The van der Waals surface area contributed by atoms with Crippen LogP contribution in [0.15, 0.2) is 78.9 Å². The van der Waals surface area contributed by atoms with Crippen molar-refractivity contribution in [2.24, 2.45) is 0 Å². The molecule has 0 heterocycles. The molecule has 3 aromatic rings. The molecule has 0 aromatic heterocycles. The molecule has 0 bridgehead atoms.